The predicted molar refractivity (Wildman–Crippen MR) is 250 cm³/mol. The van der Waals surface area contributed by atoms with Crippen molar-refractivity contribution in [1.82, 2.24) is 10.6 Å². The highest BCUT2D eigenvalue weighted by Gasteiger charge is 2.37. The summed E-state index contributed by atoms with van der Waals surface area (Å²) in [6.45, 7) is 5.39. The van der Waals surface area contributed by atoms with Gasteiger partial charge in [0.1, 0.15) is 5.82 Å². The summed E-state index contributed by atoms with van der Waals surface area (Å²) in [5.41, 5.74) is 4.25. The number of para-hydroxylation sites is 1. The van der Waals surface area contributed by atoms with E-state index in [2.05, 4.69) is 38.4 Å². The van der Waals surface area contributed by atoms with Crippen molar-refractivity contribution in [3.05, 3.63) is 116 Å². The second kappa shape index (κ2) is 21.9. The van der Waals surface area contributed by atoms with Crippen molar-refractivity contribution >= 4 is 59.3 Å². The minimum Gasteiger partial charge on any atom is -0.466 e. The lowest BCUT2D eigenvalue weighted by molar-refractivity contribution is -0.144. The molecule has 0 aromatic heterocycles. The zero-order valence-electron chi connectivity index (χ0n) is 36.7. The minimum absolute atomic E-state index is 0.0282. The Morgan fingerprint density at radius 3 is 1.72 bits per heavy atom. The van der Waals surface area contributed by atoms with Crippen LogP contribution < -0.4 is 19.2 Å². The first kappa shape index (κ1) is 48.7. The van der Waals surface area contributed by atoms with E-state index in [-0.39, 0.29) is 31.8 Å². The topological polar surface area (TPSA) is 151 Å². The monoisotopic (exact) mass is 978 g/mol. The Labute approximate surface area is 385 Å². The Balaban J connectivity index is 1.28. The number of nitrogens with zero attached hydrogens (tertiary/aromatic N) is 2. The molecule has 4 aromatic carbocycles. The van der Waals surface area contributed by atoms with E-state index in [1.54, 1.807) is 63.4 Å². The highest BCUT2D eigenvalue weighted by atomic mass is 79.9. The van der Waals surface area contributed by atoms with Crippen LogP contribution in [0.1, 0.15) is 124 Å². The van der Waals surface area contributed by atoms with Crippen LogP contribution in [0.3, 0.4) is 0 Å². The summed E-state index contributed by atoms with van der Waals surface area (Å²) < 4.78 is 84.4. The summed E-state index contributed by atoms with van der Waals surface area (Å²) in [7, 11) is -5.09. The van der Waals surface area contributed by atoms with Crippen LogP contribution >= 0.6 is 15.9 Å². The Morgan fingerprint density at radius 2 is 1.12 bits per heavy atom. The molecule has 12 nitrogen and oxygen atoms in total. The van der Waals surface area contributed by atoms with E-state index in [4.69, 9.17) is 9.47 Å². The number of esters is 2. The Kier molecular flexibility index (Phi) is 16.7. The molecule has 4 aromatic rings. The summed E-state index contributed by atoms with van der Waals surface area (Å²) in [5.74, 6) is 5.33. The van der Waals surface area contributed by atoms with Gasteiger partial charge in [-0.15, -0.1) is 0 Å². The highest BCUT2D eigenvalue weighted by Crippen LogP contribution is 2.43. The van der Waals surface area contributed by atoms with Crippen molar-refractivity contribution < 1.29 is 40.3 Å². The molecule has 6 rings (SSSR count). The van der Waals surface area contributed by atoms with Gasteiger partial charge in [0.25, 0.3) is 20.0 Å². The average molecular weight is 980 g/mol. The zero-order chi connectivity index (χ0) is 46.0. The molecule has 2 aliphatic heterocycles. The standard InChI is InChI=1S/C48H56BrFN4O8S2/c1-5-61-45(55)19-11-7-9-15-27-51-47-35-17-13-14-18-41(35)53(3)63(57,58)43-30-34(23-25-36(43)47)22-21-33-24-26-42-37(29-33)48(52-28-16-10-8-12-20-46(56)62-6-2)38-31-40(50)39(49)32-44(38)64(59,60)54(42)4/h13-14,17-18,23-26,29-32,47-48,51-52H,5-12,15-16,19-20,27-28H2,1-4H3. The summed E-state index contributed by atoms with van der Waals surface area (Å²) in [6, 6.07) is 19.2. The van der Waals surface area contributed by atoms with E-state index >= 15 is 4.39 Å². The number of halogens is 2. The first-order valence-corrected chi connectivity index (χ1v) is 25.5. The molecule has 2 unspecified atom stereocenters. The maximum Gasteiger partial charge on any atom is 0.305 e. The molecule has 0 spiro atoms. The number of nitrogens with one attached hydrogen (secondary N) is 2. The SMILES string of the molecule is CCOC(=O)CCCCCCNC1c2ccccc2N(C)S(=O)(=O)c2cc(C#Cc3ccc4c(c3)C(NCCCCCCC(=O)OCC)c3cc(F)c(Br)cc3S(=O)(=O)N4C)ccc21. The molecule has 2 atom stereocenters. The van der Waals surface area contributed by atoms with Gasteiger partial charge in [0.05, 0.1) is 50.9 Å². The van der Waals surface area contributed by atoms with Gasteiger partial charge < -0.3 is 20.1 Å². The van der Waals surface area contributed by atoms with E-state index in [9.17, 15) is 26.4 Å². The number of carbonyl (C=O) groups excluding carboxylic acids is 2. The van der Waals surface area contributed by atoms with Gasteiger partial charge in [0, 0.05) is 38.1 Å². The van der Waals surface area contributed by atoms with E-state index in [0.29, 0.717) is 79.2 Å². The molecule has 64 heavy (non-hydrogen) atoms. The average Bonchev–Trinajstić information content (AvgIpc) is 3.38. The number of ether oxygens (including phenoxy) is 2. The van der Waals surface area contributed by atoms with Gasteiger partial charge >= 0.3 is 11.9 Å². The third kappa shape index (κ3) is 11.2. The lowest BCUT2D eigenvalue weighted by Gasteiger charge is -2.22. The van der Waals surface area contributed by atoms with E-state index in [0.717, 1.165) is 50.5 Å². The van der Waals surface area contributed by atoms with Crippen molar-refractivity contribution in [3.8, 4) is 11.8 Å². The summed E-state index contributed by atoms with van der Waals surface area (Å²) in [6.07, 6.45) is 7.12. The minimum atomic E-state index is -4.10. The van der Waals surface area contributed by atoms with Gasteiger partial charge in [-0.1, -0.05) is 61.8 Å². The fourth-order valence-electron chi connectivity index (χ4n) is 8.16. The molecule has 342 valence electrons. The molecule has 0 radical (unpaired) electrons. The molecule has 2 N–H and O–H groups in total. The molecule has 0 fully saturated rings. The lowest BCUT2D eigenvalue weighted by atomic mass is 9.94. The molecule has 2 aliphatic rings. The van der Waals surface area contributed by atoms with Crippen LogP contribution in [-0.2, 0) is 39.1 Å². The number of sulfonamides is 2. The Hall–Kier alpha value is -4.79. The quantitative estimate of drug-likeness (QED) is 0.0564. The molecular formula is C48H56BrFN4O8S2. The Bertz CT molecular complexity index is 2630. The van der Waals surface area contributed by atoms with Crippen LogP contribution in [0.25, 0.3) is 0 Å². The van der Waals surface area contributed by atoms with Crippen LogP contribution in [0, 0.1) is 17.7 Å². The first-order valence-electron chi connectivity index (χ1n) is 21.8. The first-order chi connectivity index (χ1) is 30.7. The predicted octanol–water partition coefficient (Wildman–Crippen LogP) is 8.65. The summed E-state index contributed by atoms with van der Waals surface area (Å²) >= 11 is 3.18. The molecule has 0 saturated heterocycles. The third-order valence-electron chi connectivity index (χ3n) is 11.5. The van der Waals surface area contributed by atoms with Gasteiger partial charge in [-0.25, -0.2) is 21.2 Å². The number of fused-ring (bicyclic) bond motifs is 4. The van der Waals surface area contributed by atoms with Crippen molar-refractivity contribution in [1.29, 1.82) is 0 Å². The number of unbranched alkanes of at least 4 members (excludes halogenated alkanes) is 6. The maximum absolute atomic E-state index is 15.3. The maximum atomic E-state index is 15.3. The number of benzene rings is 4. The summed E-state index contributed by atoms with van der Waals surface area (Å²) in [4.78, 5) is 23.6. The second-order valence-electron chi connectivity index (χ2n) is 15.8. The molecule has 0 aliphatic carbocycles. The molecule has 2 heterocycles. The van der Waals surface area contributed by atoms with Crippen LogP contribution in [0.4, 0.5) is 15.8 Å². The number of carbonyl (C=O) groups is 2. The molecule has 0 saturated carbocycles. The van der Waals surface area contributed by atoms with Gasteiger partial charge in [0.2, 0.25) is 0 Å². The number of hydrogen-bond donors (Lipinski definition) is 2. The second-order valence-corrected chi connectivity index (χ2v) is 20.5. The molecule has 16 heteroatoms. The van der Waals surface area contributed by atoms with E-state index < -0.39 is 37.9 Å². The highest BCUT2D eigenvalue weighted by molar-refractivity contribution is 9.10. The lowest BCUT2D eigenvalue weighted by Crippen LogP contribution is -2.26. The normalized spacial score (nSPS) is 16.8. The van der Waals surface area contributed by atoms with Crippen molar-refractivity contribution in [2.24, 2.45) is 0 Å². The van der Waals surface area contributed by atoms with Crippen LogP contribution in [-0.4, -0.2) is 69.2 Å². The number of rotatable bonds is 18. The zero-order valence-corrected chi connectivity index (χ0v) is 39.9. The third-order valence-corrected chi connectivity index (χ3v) is 15.8. The summed E-state index contributed by atoms with van der Waals surface area (Å²) in [5, 5.41) is 7.10. The van der Waals surface area contributed by atoms with E-state index in [1.165, 1.54) is 27.8 Å². The largest absolute Gasteiger partial charge is 0.466 e. The van der Waals surface area contributed by atoms with Gasteiger partial charge in [-0.3, -0.25) is 18.2 Å². The smallest absolute Gasteiger partial charge is 0.305 e. The van der Waals surface area contributed by atoms with Gasteiger partial charge in [0.15, 0.2) is 0 Å². The number of hydrogen-bond acceptors (Lipinski definition) is 10. The fraction of sp³-hybridized carbons (Fsp3) is 0.417. The van der Waals surface area contributed by atoms with Gasteiger partial charge in [-0.2, -0.15) is 0 Å². The van der Waals surface area contributed by atoms with Gasteiger partial charge in [-0.05, 0) is 139 Å². The van der Waals surface area contributed by atoms with Crippen molar-refractivity contribution in [3.63, 3.8) is 0 Å². The van der Waals surface area contributed by atoms with Crippen LogP contribution in [0.2, 0.25) is 0 Å². The molecule has 0 bridgehead atoms. The Morgan fingerprint density at radius 1 is 0.625 bits per heavy atom. The van der Waals surface area contributed by atoms with Crippen LogP contribution in [0.5, 0.6) is 0 Å². The molecular weight excluding hydrogens is 924 g/mol. The van der Waals surface area contributed by atoms with Crippen molar-refractivity contribution in [2.75, 3.05) is 49.0 Å². The molecule has 0 amide bonds. The van der Waals surface area contributed by atoms with Crippen LogP contribution in [0.15, 0.2) is 87.1 Å². The van der Waals surface area contributed by atoms with E-state index in [1.807, 2.05) is 18.2 Å². The fourth-order valence-corrected chi connectivity index (χ4v) is 11.6. The van der Waals surface area contributed by atoms with Crippen molar-refractivity contribution in [2.45, 2.75) is 99.9 Å². The number of anilines is 2.